The Morgan fingerprint density at radius 2 is 2.36 bits per heavy atom. The van der Waals surface area contributed by atoms with Gasteiger partial charge in [-0.1, -0.05) is 0 Å². The van der Waals surface area contributed by atoms with Crippen molar-refractivity contribution < 1.29 is 14.7 Å². The zero-order valence-corrected chi connectivity index (χ0v) is 6.12. The van der Waals surface area contributed by atoms with Gasteiger partial charge in [0.05, 0.1) is 0 Å². The Bertz CT molecular complexity index is 190. The van der Waals surface area contributed by atoms with Crippen LogP contribution in [0.15, 0.2) is 0 Å². The normalized spacial score (nSPS) is 27.0. The lowest BCUT2D eigenvalue weighted by Crippen LogP contribution is -2.36. The molecule has 0 bridgehead atoms. The van der Waals surface area contributed by atoms with Crippen molar-refractivity contribution in [3.05, 3.63) is 0 Å². The summed E-state index contributed by atoms with van der Waals surface area (Å²) in [5.41, 5.74) is 5.33. The molecule has 0 saturated heterocycles. The summed E-state index contributed by atoms with van der Waals surface area (Å²) >= 11 is 0. The summed E-state index contributed by atoms with van der Waals surface area (Å²) in [4.78, 5) is 21.1. The van der Waals surface area contributed by atoms with Crippen molar-refractivity contribution in [1.29, 1.82) is 0 Å². The quantitative estimate of drug-likeness (QED) is 0.580. The zero-order chi connectivity index (χ0) is 8.43. The summed E-state index contributed by atoms with van der Waals surface area (Å²) < 4.78 is 0. The van der Waals surface area contributed by atoms with Crippen LogP contribution in [0.25, 0.3) is 0 Å². The summed E-state index contributed by atoms with van der Waals surface area (Å²) in [6.45, 7) is 0. The highest BCUT2D eigenvalue weighted by molar-refractivity contribution is 5.83. The number of nitrogens with two attached hydrogens (primary N) is 1. The Morgan fingerprint density at radius 1 is 1.73 bits per heavy atom. The molecule has 0 spiro atoms. The molecule has 0 aliphatic heterocycles. The first kappa shape index (κ1) is 8.20. The number of carbonyl (C=O) groups excluding carboxylic acids is 1. The Hall–Kier alpha value is -0.900. The van der Waals surface area contributed by atoms with Crippen LogP contribution in [-0.2, 0) is 9.59 Å². The van der Waals surface area contributed by atoms with E-state index in [1.165, 1.54) is 0 Å². The highest BCUT2D eigenvalue weighted by Crippen LogP contribution is 2.24. The molecule has 0 aromatic carbocycles. The van der Waals surface area contributed by atoms with Crippen LogP contribution in [0.3, 0.4) is 0 Å². The summed E-state index contributed by atoms with van der Waals surface area (Å²) in [5, 5.41) is 8.49. The predicted molar refractivity (Wildman–Crippen MR) is 38.0 cm³/mol. The molecular formula is C7H11NO3. The number of aliphatic carboxylic acids is 1. The van der Waals surface area contributed by atoms with Gasteiger partial charge in [0.25, 0.3) is 0 Å². The molecule has 1 aliphatic carbocycles. The van der Waals surface area contributed by atoms with Gasteiger partial charge in [-0.2, -0.15) is 0 Å². The maximum absolute atomic E-state index is 10.7. The molecule has 1 fully saturated rings. The number of hydrogen-bond donors (Lipinski definition) is 2. The molecule has 0 heterocycles. The monoisotopic (exact) mass is 157 g/mol. The van der Waals surface area contributed by atoms with Crippen molar-refractivity contribution in [3.63, 3.8) is 0 Å². The van der Waals surface area contributed by atoms with E-state index in [-0.39, 0.29) is 11.7 Å². The second-order valence-corrected chi connectivity index (χ2v) is 2.91. The number of hydrogen-bond acceptors (Lipinski definition) is 3. The van der Waals surface area contributed by atoms with Crippen LogP contribution in [0, 0.1) is 5.92 Å². The molecule has 62 valence electrons. The highest BCUT2D eigenvalue weighted by Gasteiger charge is 2.30. The maximum Gasteiger partial charge on any atom is 0.320 e. The minimum atomic E-state index is -1.01. The van der Waals surface area contributed by atoms with Gasteiger partial charge in [0.1, 0.15) is 11.8 Å². The Labute approximate surface area is 64.4 Å². The van der Waals surface area contributed by atoms with E-state index >= 15 is 0 Å². The van der Waals surface area contributed by atoms with Crippen LogP contribution in [0.4, 0.5) is 0 Å². The lowest BCUT2D eigenvalue weighted by atomic mass is 9.99. The SMILES string of the molecule is NC(C(=O)O)C1CCC(=O)C1. The Morgan fingerprint density at radius 3 is 2.73 bits per heavy atom. The van der Waals surface area contributed by atoms with Gasteiger partial charge in [0, 0.05) is 12.8 Å². The van der Waals surface area contributed by atoms with Crippen molar-refractivity contribution in [3.8, 4) is 0 Å². The van der Waals surface area contributed by atoms with E-state index in [1.807, 2.05) is 0 Å². The fourth-order valence-electron chi connectivity index (χ4n) is 1.35. The van der Waals surface area contributed by atoms with E-state index in [9.17, 15) is 9.59 Å². The van der Waals surface area contributed by atoms with Crippen LogP contribution in [0.2, 0.25) is 0 Å². The van der Waals surface area contributed by atoms with Gasteiger partial charge in [0.2, 0.25) is 0 Å². The van der Waals surface area contributed by atoms with Gasteiger partial charge < -0.3 is 10.8 Å². The minimum absolute atomic E-state index is 0.131. The van der Waals surface area contributed by atoms with Crippen molar-refractivity contribution in [1.82, 2.24) is 0 Å². The first-order valence-electron chi connectivity index (χ1n) is 3.61. The Balaban J connectivity index is 2.49. The van der Waals surface area contributed by atoms with Gasteiger partial charge in [-0.05, 0) is 12.3 Å². The predicted octanol–water partition coefficient (Wildman–Crippen LogP) is -0.233. The van der Waals surface area contributed by atoms with Gasteiger partial charge in [-0.15, -0.1) is 0 Å². The van der Waals surface area contributed by atoms with Crippen LogP contribution < -0.4 is 5.73 Å². The average Bonchev–Trinajstić information content (AvgIpc) is 2.34. The van der Waals surface area contributed by atoms with Gasteiger partial charge in [-0.3, -0.25) is 9.59 Å². The van der Waals surface area contributed by atoms with Crippen LogP contribution >= 0.6 is 0 Å². The number of Topliss-reactive ketones (excluding diaryl/α,β-unsaturated/α-hetero) is 1. The lowest BCUT2D eigenvalue weighted by Gasteiger charge is -2.11. The Kier molecular flexibility index (Phi) is 2.24. The summed E-state index contributed by atoms with van der Waals surface area (Å²) in [7, 11) is 0. The van der Waals surface area contributed by atoms with Crippen molar-refractivity contribution in [2.24, 2.45) is 11.7 Å². The van der Waals surface area contributed by atoms with Gasteiger partial charge in [-0.25, -0.2) is 0 Å². The first-order valence-corrected chi connectivity index (χ1v) is 3.61. The van der Waals surface area contributed by atoms with E-state index in [4.69, 9.17) is 10.8 Å². The van der Waals surface area contributed by atoms with E-state index < -0.39 is 12.0 Å². The summed E-state index contributed by atoms with van der Waals surface area (Å²) in [6, 6.07) is -0.860. The fraction of sp³-hybridized carbons (Fsp3) is 0.714. The molecule has 1 rings (SSSR count). The molecule has 0 aromatic rings. The molecule has 1 saturated carbocycles. The number of carboxylic acids is 1. The van der Waals surface area contributed by atoms with Crippen LogP contribution in [0.5, 0.6) is 0 Å². The molecule has 11 heavy (non-hydrogen) atoms. The van der Waals surface area contributed by atoms with E-state index in [0.29, 0.717) is 19.3 Å². The molecule has 2 atom stereocenters. The summed E-state index contributed by atoms with van der Waals surface area (Å²) in [6.07, 6.45) is 1.46. The van der Waals surface area contributed by atoms with Gasteiger partial charge in [0.15, 0.2) is 0 Å². The fourth-order valence-corrected chi connectivity index (χ4v) is 1.35. The van der Waals surface area contributed by atoms with Crippen LogP contribution in [-0.4, -0.2) is 22.9 Å². The minimum Gasteiger partial charge on any atom is -0.480 e. The highest BCUT2D eigenvalue weighted by atomic mass is 16.4. The molecule has 4 nitrogen and oxygen atoms in total. The molecule has 4 heteroatoms. The second kappa shape index (κ2) is 3.00. The smallest absolute Gasteiger partial charge is 0.320 e. The molecule has 0 aromatic heterocycles. The molecule has 1 aliphatic rings. The van der Waals surface area contributed by atoms with E-state index in [1.54, 1.807) is 0 Å². The number of ketones is 1. The van der Waals surface area contributed by atoms with Crippen molar-refractivity contribution in [2.45, 2.75) is 25.3 Å². The summed E-state index contributed by atoms with van der Waals surface area (Å²) in [5.74, 6) is -1.02. The third kappa shape index (κ3) is 1.77. The molecule has 3 N–H and O–H groups in total. The average molecular weight is 157 g/mol. The molecular weight excluding hydrogens is 146 g/mol. The molecule has 0 amide bonds. The number of rotatable bonds is 2. The lowest BCUT2D eigenvalue weighted by molar-refractivity contribution is -0.139. The zero-order valence-electron chi connectivity index (χ0n) is 6.12. The molecule has 2 unspecified atom stereocenters. The number of carboxylic acid groups (broad SMARTS) is 1. The van der Waals surface area contributed by atoms with E-state index in [0.717, 1.165) is 0 Å². The third-order valence-electron chi connectivity index (χ3n) is 2.08. The topological polar surface area (TPSA) is 80.4 Å². The standard InChI is InChI=1S/C7H11NO3/c8-6(7(10)11)4-1-2-5(9)3-4/h4,6H,1-3,8H2,(H,10,11). The van der Waals surface area contributed by atoms with Gasteiger partial charge >= 0.3 is 5.97 Å². The van der Waals surface area contributed by atoms with Crippen molar-refractivity contribution >= 4 is 11.8 Å². The van der Waals surface area contributed by atoms with Crippen LogP contribution in [0.1, 0.15) is 19.3 Å². The number of carbonyl (C=O) groups is 2. The maximum atomic E-state index is 10.7. The second-order valence-electron chi connectivity index (χ2n) is 2.91. The molecule has 0 radical (unpaired) electrons. The largest absolute Gasteiger partial charge is 0.480 e. The first-order chi connectivity index (χ1) is 5.11. The van der Waals surface area contributed by atoms with Crippen molar-refractivity contribution in [2.75, 3.05) is 0 Å². The van der Waals surface area contributed by atoms with E-state index in [2.05, 4.69) is 0 Å². The third-order valence-corrected chi connectivity index (χ3v) is 2.08.